The minimum Gasteiger partial charge on any atom is -0.496 e. The maximum Gasteiger partial charge on any atom is 0.258 e. The standard InChI is InChI=1S/C19H21N5O2/c1-13-8-20-18-12-24(19(25)14-9-21-22(2)10-14)16(11-23(13)18)15-6-4-5-7-17(15)26-3/h4-10,16H,11-12H2,1-3H3/t16-/m0/s1. The summed E-state index contributed by atoms with van der Waals surface area (Å²) < 4.78 is 9.37. The second-order valence-corrected chi connectivity index (χ2v) is 6.52. The van der Waals surface area contributed by atoms with Crippen molar-refractivity contribution in [2.75, 3.05) is 7.11 Å². The molecule has 0 saturated carbocycles. The Bertz CT molecular complexity index is 959. The molecule has 0 fully saturated rings. The van der Waals surface area contributed by atoms with Crippen molar-refractivity contribution < 1.29 is 9.53 Å². The van der Waals surface area contributed by atoms with Gasteiger partial charge in [-0.3, -0.25) is 9.48 Å². The summed E-state index contributed by atoms with van der Waals surface area (Å²) in [5.74, 6) is 1.62. The number of imidazole rings is 1. The van der Waals surface area contributed by atoms with Crippen molar-refractivity contribution in [3.05, 3.63) is 65.5 Å². The molecule has 1 atom stereocenters. The lowest BCUT2D eigenvalue weighted by atomic mass is 10.0. The maximum absolute atomic E-state index is 13.2. The number of hydrogen-bond donors (Lipinski definition) is 0. The quantitative estimate of drug-likeness (QED) is 0.726. The van der Waals surface area contributed by atoms with Gasteiger partial charge in [0.1, 0.15) is 11.6 Å². The lowest BCUT2D eigenvalue weighted by Gasteiger charge is -2.37. The monoisotopic (exact) mass is 351 g/mol. The molecule has 0 saturated heterocycles. The molecule has 1 aliphatic rings. The second kappa shape index (κ2) is 6.33. The van der Waals surface area contributed by atoms with E-state index in [1.165, 1.54) is 0 Å². The largest absolute Gasteiger partial charge is 0.496 e. The number of fused-ring (bicyclic) bond motifs is 1. The lowest BCUT2D eigenvalue weighted by molar-refractivity contribution is 0.0579. The number of aromatic nitrogens is 4. The summed E-state index contributed by atoms with van der Waals surface area (Å²) in [6, 6.07) is 7.72. The first-order chi connectivity index (χ1) is 12.6. The zero-order valence-corrected chi connectivity index (χ0v) is 15.1. The number of carbonyl (C=O) groups excluding carboxylic acids is 1. The van der Waals surface area contributed by atoms with E-state index < -0.39 is 0 Å². The fourth-order valence-electron chi connectivity index (χ4n) is 3.54. The Morgan fingerprint density at radius 2 is 2.08 bits per heavy atom. The first kappa shape index (κ1) is 16.4. The summed E-state index contributed by atoms with van der Waals surface area (Å²) in [5, 5.41) is 4.14. The Morgan fingerprint density at radius 1 is 1.27 bits per heavy atom. The van der Waals surface area contributed by atoms with Crippen molar-refractivity contribution in [1.29, 1.82) is 0 Å². The normalized spacial score (nSPS) is 16.4. The van der Waals surface area contributed by atoms with E-state index in [0.29, 0.717) is 18.7 Å². The summed E-state index contributed by atoms with van der Waals surface area (Å²) in [4.78, 5) is 19.5. The molecule has 0 N–H and O–H groups in total. The van der Waals surface area contributed by atoms with Gasteiger partial charge in [-0.05, 0) is 13.0 Å². The van der Waals surface area contributed by atoms with E-state index >= 15 is 0 Å². The van der Waals surface area contributed by atoms with E-state index in [-0.39, 0.29) is 11.9 Å². The highest BCUT2D eigenvalue weighted by molar-refractivity contribution is 5.94. The van der Waals surface area contributed by atoms with Crippen LogP contribution in [0.3, 0.4) is 0 Å². The van der Waals surface area contributed by atoms with Gasteiger partial charge in [0.25, 0.3) is 5.91 Å². The number of hydrogen-bond acceptors (Lipinski definition) is 4. The van der Waals surface area contributed by atoms with Gasteiger partial charge in [0.15, 0.2) is 0 Å². The van der Waals surface area contributed by atoms with Crippen LogP contribution in [-0.2, 0) is 20.1 Å². The summed E-state index contributed by atoms with van der Waals surface area (Å²) in [6.45, 7) is 3.13. The van der Waals surface area contributed by atoms with Crippen LogP contribution in [0.2, 0.25) is 0 Å². The highest BCUT2D eigenvalue weighted by atomic mass is 16.5. The molecular formula is C19H21N5O2. The van der Waals surface area contributed by atoms with Crippen LogP contribution in [0.5, 0.6) is 5.75 Å². The SMILES string of the molecule is COc1ccccc1[C@@H]1Cn2c(C)cnc2CN1C(=O)c1cnn(C)c1. The zero-order valence-electron chi connectivity index (χ0n) is 15.1. The molecule has 7 heteroatoms. The third-order valence-electron chi connectivity index (χ3n) is 4.89. The van der Waals surface area contributed by atoms with E-state index in [9.17, 15) is 4.79 Å². The number of methoxy groups -OCH3 is 1. The highest BCUT2D eigenvalue weighted by Crippen LogP contribution is 2.35. The van der Waals surface area contributed by atoms with E-state index in [1.54, 1.807) is 31.2 Å². The predicted molar refractivity (Wildman–Crippen MR) is 95.8 cm³/mol. The number of para-hydroxylation sites is 1. The molecule has 1 aromatic carbocycles. The number of carbonyl (C=O) groups is 1. The van der Waals surface area contributed by atoms with Gasteiger partial charge in [-0.15, -0.1) is 0 Å². The van der Waals surface area contributed by atoms with Crippen molar-refractivity contribution in [2.45, 2.75) is 26.1 Å². The molecule has 134 valence electrons. The Labute approximate surface area is 151 Å². The van der Waals surface area contributed by atoms with Gasteiger partial charge >= 0.3 is 0 Å². The fraction of sp³-hybridized carbons (Fsp3) is 0.316. The van der Waals surface area contributed by atoms with E-state index in [2.05, 4.69) is 14.6 Å². The first-order valence-electron chi connectivity index (χ1n) is 8.52. The third-order valence-corrected chi connectivity index (χ3v) is 4.89. The molecule has 0 unspecified atom stereocenters. The van der Waals surface area contributed by atoms with Crippen molar-refractivity contribution in [3.8, 4) is 5.75 Å². The van der Waals surface area contributed by atoms with Crippen molar-refractivity contribution >= 4 is 5.91 Å². The molecule has 3 heterocycles. The van der Waals surface area contributed by atoms with Crippen LogP contribution in [0.15, 0.2) is 42.9 Å². The molecule has 0 aliphatic carbocycles. The average molecular weight is 351 g/mol. The minimum atomic E-state index is -0.140. The Morgan fingerprint density at radius 3 is 2.81 bits per heavy atom. The Hall–Kier alpha value is -3.09. The molecular weight excluding hydrogens is 330 g/mol. The van der Waals surface area contributed by atoms with Gasteiger partial charge in [-0.2, -0.15) is 5.10 Å². The van der Waals surface area contributed by atoms with Crippen molar-refractivity contribution in [1.82, 2.24) is 24.2 Å². The molecule has 4 rings (SSSR count). The summed E-state index contributed by atoms with van der Waals surface area (Å²) >= 11 is 0. The molecule has 1 aliphatic heterocycles. The molecule has 0 bridgehead atoms. The number of aryl methyl sites for hydroxylation is 2. The van der Waals surface area contributed by atoms with Crippen LogP contribution >= 0.6 is 0 Å². The van der Waals surface area contributed by atoms with Crippen LogP contribution in [0.4, 0.5) is 0 Å². The van der Waals surface area contributed by atoms with E-state index in [0.717, 1.165) is 22.8 Å². The first-order valence-corrected chi connectivity index (χ1v) is 8.52. The molecule has 3 aromatic rings. The van der Waals surface area contributed by atoms with E-state index in [1.807, 2.05) is 42.3 Å². The highest BCUT2D eigenvalue weighted by Gasteiger charge is 2.34. The molecule has 2 aromatic heterocycles. The second-order valence-electron chi connectivity index (χ2n) is 6.52. The fourth-order valence-corrected chi connectivity index (χ4v) is 3.54. The van der Waals surface area contributed by atoms with Gasteiger partial charge < -0.3 is 14.2 Å². The van der Waals surface area contributed by atoms with E-state index in [4.69, 9.17) is 4.74 Å². The topological polar surface area (TPSA) is 65.2 Å². The van der Waals surface area contributed by atoms with Gasteiger partial charge in [-0.1, -0.05) is 18.2 Å². The van der Waals surface area contributed by atoms with Gasteiger partial charge in [-0.25, -0.2) is 4.98 Å². The Balaban J connectivity index is 1.79. The third kappa shape index (κ3) is 2.65. The van der Waals surface area contributed by atoms with Crippen molar-refractivity contribution in [2.24, 2.45) is 7.05 Å². The minimum absolute atomic E-state index is 0.0547. The Kier molecular flexibility index (Phi) is 3.99. The summed E-state index contributed by atoms with van der Waals surface area (Å²) in [5.41, 5.74) is 2.66. The predicted octanol–water partition coefficient (Wildman–Crippen LogP) is 2.33. The van der Waals surface area contributed by atoms with Crippen LogP contribution in [-0.4, -0.2) is 37.2 Å². The number of benzene rings is 1. The van der Waals surface area contributed by atoms with Crippen LogP contribution in [0.25, 0.3) is 0 Å². The summed E-state index contributed by atoms with van der Waals surface area (Å²) in [7, 11) is 3.46. The summed E-state index contributed by atoms with van der Waals surface area (Å²) in [6.07, 6.45) is 5.20. The smallest absolute Gasteiger partial charge is 0.258 e. The molecule has 7 nitrogen and oxygen atoms in total. The molecule has 1 amide bonds. The number of ether oxygens (including phenoxy) is 1. The molecule has 0 spiro atoms. The zero-order chi connectivity index (χ0) is 18.3. The van der Waals surface area contributed by atoms with Crippen LogP contribution in [0, 0.1) is 6.92 Å². The van der Waals surface area contributed by atoms with Gasteiger partial charge in [0.05, 0.1) is 31.5 Å². The lowest BCUT2D eigenvalue weighted by Crippen LogP contribution is -2.41. The number of rotatable bonds is 3. The van der Waals surface area contributed by atoms with Crippen LogP contribution < -0.4 is 4.74 Å². The maximum atomic E-state index is 13.2. The van der Waals surface area contributed by atoms with Crippen molar-refractivity contribution in [3.63, 3.8) is 0 Å². The number of nitrogens with zero attached hydrogens (tertiary/aromatic N) is 5. The van der Waals surface area contributed by atoms with Gasteiger partial charge in [0, 0.05) is 37.2 Å². The van der Waals surface area contributed by atoms with Crippen LogP contribution in [0.1, 0.15) is 33.5 Å². The average Bonchev–Trinajstić information content (AvgIpc) is 3.26. The molecule has 0 radical (unpaired) electrons. The number of amides is 1. The van der Waals surface area contributed by atoms with Gasteiger partial charge in [0.2, 0.25) is 0 Å². The molecule has 26 heavy (non-hydrogen) atoms.